The van der Waals surface area contributed by atoms with Crippen molar-refractivity contribution >= 4 is 0 Å². The number of aliphatic hydroxyl groups is 1. The Morgan fingerprint density at radius 3 is 2.28 bits per heavy atom. The summed E-state index contributed by atoms with van der Waals surface area (Å²) in [6, 6.07) is 3.96. The summed E-state index contributed by atoms with van der Waals surface area (Å²) < 4.78 is 16.2. The smallest absolute Gasteiger partial charge is 0.231 e. The summed E-state index contributed by atoms with van der Waals surface area (Å²) in [5, 5.41) is 10.5. The molecule has 0 aromatic heterocycles. The largest absolute Gasteiger partial charge is 0.454 e. The first-order chi connectivity index (χ1) is 8.44. The van der Waals surface area contributed by atoms with Crippen LogP contribution < -0.4 is 9.47 Å². The predicted octanol–water partition coefficient (Wildman–Crippen LogP) is 1.76. The van der Waals surface area contributed by atoms with Crippen molar-refractivity contribution in [1.29, 1.82) is 0 Å². The van der Waals surface area contributed by atoms with Crippen LogP contribution in [0.4, 0.5) is 0 Å². The third-order valence-corrected chi connectivity index (χ3v) is 4.10. The molecule has 2 aliphatic heterocycles. The lowest BCUT2D eigenvalue weighted by molar-refractivity contribution is -0.157. The number of benzene rings is 1. The average molecular weight is 250 g/mol. The van der Waals surface area contributed by atoms with Gasteiger partial charge >= 0.3 is 0 Å². The Morgan fingerprint density at radius 1 is 1.17 bits per heavy atom. The van der Waals surface area contributed by atoms with Crippen LogP contribution >= 0.6 is 0 Å². The molecule has 4 heteroatoms. The zero-order chi connectivity index (χ0) is 13.0. The highest BCUT2D eigenvalue weighted by Crippen LogP contribution is 2.46. The van der Waals surface area contributed by atoms with E-state index in [0.717, 1.165) is 22.6 Å². The van der Waals surface area contributed by atoms with E-state index in [1.54, 1.807) is 0 Å². The predicted molar refractivity (Wildman–Crippen MR) is 66.1 cm³/mol. The van der Waals surface area contributed by atoms with E-state index in [2.05, 4.69) is 0 Å². The fourth-order valence-electron chi connectivity index (χ4n) is 2.70. The van der Waals surface area contributed by atoms with Gasteiger partial charge < -0.3 is 19.3 Å². The zero-order valence-corrected chi connectivity index (χ0v) is 10.9. The summed E-state index contributed by atoms with van der Waals surface area (Å²) in [4.78, 5) is 0. The van der Waals surface area contributed by atoms with E-state index in [-0.39, 0.29) is 12.2 Å². The van der Waals surface area contributed by atoms with Gasteiger partial charge in [0.05, 0.1) is 24.2 Å². The van der Waals surface area contributed by atoms with Crippen LogP contribution in [0.2, 0.25) is 0 Å². The van der Waals surface area contributed by atoms with Gasteiger partial charge in [0.15, 0.2) is 11.5 Å². The molecule has 1 saturated heterocycles. The highest BCUT2D eigenvalue weighted by atomic mass is 16.7. The Balaban J connectivity index is 2.11. The molecule has 1 aromatic carbocycles. The average Bonchev–Trinajstić information content (AvgIpc) is 2.60. The molecule has 4 nitrogen and oxygen atoms in total. The van der Waals surface area contributed by atoms with E-state index in [1.165, 1.54) is 0 Å². The lowest BCUT2D eigenvalue weighted by Crippen LogP contribution is -2.60. The van der Waals surface area contributed by atoms with E-state index >= 15 is 0 Å². The van der Waals surface area contributed by atoms with Crippen molar-refractivity contribution in [3.8, 4) is 11.5 Å². The normalized spacial score (nSPS) is 20.7. The van der Waals surface area contributed by atoms with E-state index in [1.807, 2.05) is 32.9 Å². The molecule has 3 rings (SSSR count). The molecule has 0 spiro atoms. The van der Waals surface area contributed by atoms with Crippen LogP contribution in [0.25, 0.3) is 0 Å². The monoisotopic (exact) mass is 250 g/mol. The first-order valence-corrected chi connectivity index (χ1v) is 6.15. The molecule has 0 amide bonds. The van der Waals surface area contributed by atoms with Gasteiger partial charge in [0, 0.05) is 0 Å². The lowest BCUT2D eigenvalue weighted by atomic mass is 9.66. The summed E-state index contributed by atoms with van der Waals surface area (Å²) >= 11 is 0. The van der Waals surface area contributed by atoms with Crippen molar-refractivity contribution in [1.82, 2.24) is 0 Å². The number of ether oxygens (including phenoxy) is 3. The summed E-state index contributed by atoms with van der Waals surface area (Å²) in [7, 11) is 0. The zero-order valence-electron chi connectivity index (χ0n) is 10.9. The third kappa shape index (κ3) is 1.45. The fraction of sp³-hybridized carbons (Fsp3) is 0.571. The number of hydrogen-bond donors (Lipinski definition) is 1. The molecule has 0 saturated carbocycles. The SMILES string of the molecule is Cc1cc2c(cc1C1(C(C)(C)O)COC1)OCO2. The first kappa shape index (κ1) is 11.8. The van der Waals surface area contributed by atoms with Gasteiger partial charge in [-0.25, -0.2) is 0 Å². The molecule has 2 aliphatic rings. The standard InChI is InChI=1S/C14H18O4/c1-9-4-11-12(18-8-17-11)5-10(9)14(6-16-7-14)13(2,3)15/h4-5,15H,6-8H2,1-3H3. The number of aryl methyl sites for hydroxylation is 1. The van der Waals surface area contributed by atoms with E-state index in [4.69, 9.17) is 14.2 Å². The van der Waals surface area contributed by atoms with E-state index in [9.17, 15) is 5.11 Å². The van der Waals surface area contributed by atoms with Gasteiger partial charge in [-0.1, -0.05) is 0 Å². The second-order valence-electron chi connectivity index (χ2n) is 5.65. The van der Waals surface area contributed by atoms with Crippen molar-refractivity contribution in [2.75, 3.05) is 20.0 Å². The highest BCUT2D eigenvalue weighted by Gasteiger charge is 2.52. The van der Waals surface area contributed by atoms with Gasteiger partial charge in [-0.15, -0.1) is 0 Å². The van der Waals surface area contributed by atoms with Crippen molar-refractivity contribution in [2.45, 2.75) is 31.8 Å². The molecule has 0 bridgehead atoms. The maximum Gasteiger partial charge on any atom is 0.231 e. The van der Waals surface area contributed by atoms with Gasteiger partial charge in [-0.3, -0.25) is 0 Å². The van der Waals surface area contributed by atoms with Crippen LogP contribution in [-0.2, 0) is 10.2 Å². The highest BCUT2D eigenvalue weighted by molar-refractivity contribution is 5.52. The molecule has 0 atom stereocenters. The van der Waals surface area contributed by atoms with Crippen LogP contribution in [0.15, 0.2) is 12.1 Å². The number of hydrogen-bond acceptors (Lipinski definition) is 4. The van der Waals surface area contributed by atoms with Crippen molar-refractivity contribution in [3.63, 3.8) is 0 Å². The number of rotatable bonds is 2. The molecule has 0 unspecified atom stereocenters. The Morgan fingerprint density at radius 2 is 1.78 bits per heavy atom. The minimum atomic E-state index is -0.830. The van der Waals surface area contributed by atoms with Crippen molar-refractivity contribution < 1.29 is 19.3 Å². The van der Waals surface area contributed by atoms with Crippen LogP contribution in [0.1, 0.15) is 25.0 Å². The van der Waals surface area contributed by atoms with Crippen molar-refractivity contribution in [2.24, 2.45) is 0 Å². The minimum absolute atomic E-state index is 0.268. The summed E-state index contributed by atoms with van der Waals surface area (Å²) in [5.41, 5.74) is 1.01. The van der Waals surface area contributed by atoms with Crippen LogP contribution in [0, 0.1) is 6.92 Å². The molecule has 1 aromatic rings. The maximum atomic E-state index is 10.5. The lowest BCUT2D eigenvalue weighted by Gasteiger charge is -2.50. The van der Waals surface area contributed by atoms with Crippen LogP contribution in [-0.4, -0.2) is 30.7 Å². The molecule has 2 heterocycles. The van der Waals surface area contributed by atoms with Gasteiger partial charge in [0.25, 0.3) is 0 Å². The first-order valence-electron chi connectivity index (χ1n) is 6.15. The molecule has 98 valence electrons. The second kappa shape index (κ2) is 3.62. The molecule has 18 heavy (non-hydrogen) atoms. The Bertz CT molecular complexity index is 483. The van der Waals surface area contributed by atoms with Crippen LogP contribution in [0.5, 0.6) is 11.5 Å². The Hall–Kier alpha value is -1.26. The van der Waals surface area contributed by atoms with Gasteiger partial charge in [-0.05, 0) is 44.0 Å². The third-order valence-electron chi connectivity index (χ3n) is 4.10. The molecular formula is C14H18O4. The molecular weight excluding hydrogens is 232 g/mol. The molecule has 0 aliphatic carbocycles. The molecule has 1 N–H and O–H groups in total. The quantitative estimate of drug-likeness (QED) is 0.869. The van der Waals surface area contributed by atoms with Gasteiger partial charge in [0.2, 0.25) is 6.79 Å². The fourth-order valence-corrected chi connectivity index (χ4v) is 2.70. The summed E-state index contributed by atoms with van der Waals surface area (Å²) in [6.45, 7) is 7.04. The second-order valence-corrected chi connectivity index (χ2v) is 5.65. The summed E-state index contributed by atoms with van der Waals surface area (Å²) in [5.74, 6) is 1.54. The maximum absolute atomic E-state index is 10.5. The number of fused-ring (bicyclic) bond motifs is 1. The van der Waals surface area contributed by atoms with Crippen molar-refractivity contribution in [3.05, 3.63) is 23.3 Å². The Labute approximate surface area is 106 Å². The summed E-state index contributed by atoms with van der Waals surface area (Å²) in [6.07, 6.45) is 0. The topological polar surface area (TPSA) is 47.9 Å². The van der Waals surface area contributed by atoms with Crippen LogP contribution in [0.3, 0.4) is 0 Å². The minimum Gasteiger partial charge on any atom is -0.454 e. The van der Waals surface area contributed by atoms with E-state index in [0.29, 0.717) is 13.2 Å². The van der Waals surface area contributed by atoms with Gasteiger partial charge in [0.1, 0.15) is 0 Å². The molecule has 1 fully saturated rings. The molecule has 0 radical (unpaired) electrons. The van der Waals surface area contributed by atoms with E-state index < -0.39 is 5.60 Å². The van der Waals surface area contributed by atoms with Gasteiger partial charge in [-0.2, -0.15) is 0 Å². The Kier molecular flexibility index (Phi) is 2.37.